The van der Waals surface area contributed by atoms with Crippen molar-refractivity contribution in [2.45, 2.75) is 52.3 Å². The molecule has 2 N–H and O–H groups in total. The fourth-order valence-electron chi connectivity index (χ4n) is 2.66. The van der Waals surface area contributed by atoms with Crippen molar-refractivity contribution in [2.75, 3.05) is 11.9 Å². The summed E-state index contributed by atoms with van der Waals surface area (Å²) in [4.78, 5) is 0. The molecule has 0 amide bonds. The molecule has 4 nitrogen and oxygen atoms in total. The average Bonchev–Trinajstić information content (AvgIpc) is 2.94. The van der Waals surface area contributed by atoms with Gasteiger partial charge in [-0.1, -0.05) is 37.6 Å². The van der Waals surface area contributed by atoms with Gasteiger partial charge < -0.3 is 10.6 Å². The smallest absolute Gasteiger partial charge is 0.362 e. The second-order valence-electron chi connectivity index (χ2n) is 6.63. The van der Waals surface area contributed by atoms with Gasteiger partial charge >= 0.3 is 6.18 Å². The Hall–Kier alpha value is -1.80. The van der Waals surface area contributed by atoms with Gasteiger partial charge in [0.15, 0.2) is 10.8 Å². The van der Waals surface area contributed by atoms with Crippen LogP contribution in [0.2, 0.25) is 5.02 Å². The number of hydrogen-bond acceptors (Lipinski definition) is 2. The molecule has 0 fully saturated rings. The van der Waals surface area contributed by atoms with Crippen molar-refractivity contribution in [1.29, 1.82) is 0 Å². The summed E-state index contributed by atoms with van der Waals surface area (Å²) < 4.78 is 39.8. The van der Waals surface area contributed by atoms with Crippen LogP contribution < -0.4 is 10.6 Å². The van der Waals surface area contributed by atoms with E-state index in [4.69, 9.17) is 23.8 Å². The number of hydrogen-bond donors (Lipinski definition) is 2. The molecule has 1 aromatic carbocycles. The second kappa shape index (κ2) is 9.60. The van der Waals surface area contributed by atoms with Crippen LogP contribution in [0.25, 0.3) is 0 Å². The van der Waals surface area contributed by atoms with Crippen molar-refractivity contribution >= 4 is 34.6 Å². The first-order valence-corrected chi connectivity index (χ1v) is 9.87. The highest BCUT2D eigenvalue weighted by molar-refractivity contribution is 7.80. The first-order valence-electron chi connectivity index (χ1n) is 9.08. The zero-order valence-electron chi connectivity index (χ0n) is 16.0. The largest absolute Gasteiger partial charge is 0.436 e. The minimum absolute atomic E-state index is 0.302. The van der Waals surface area contributed by atoms with Crippen LogP contribution in [0.5, 0.6) is 0 Å². The Morgan fingerprint density at radius 3 is 2.46 bits per heavy atom. The lowest BCUT2D eigenvalue weighted by Gasteiger charge is -2.13. The molecule has 9 heteroatoms. The quantitative estimate of drug-likeness (QED) is 0.431. The Morgan fingerprint density at radius 2 is 1.93 bits per heavy atom. The molecule has 1 heterocycles. The van der Waals surface area contributed by atoms with Gasteiger partial charge in [-0.2, -0.15) is 18.3 Å². The number of halogens is 4. The predicted molar refractivity (Wildman–Crippen MR) is 111 cm³/mol. The van der Waals surface area contributed by atoms with Gasteiger partial charge in [-0.3, -0.25) is 4.68 Å². The van der Waals surface area contributed by atoms with Crippen molar-refractivity contribution < 1.29 is 13.2 Å². The molecule has 0 saturated carbocycles. The number of aryl methyl sites for hydroxylation is 1. The Morgan fingerprint density at radius 1 is 1.29 bits per heavy atom. The average molecular weight is 433 g/mol. The van der Waals surface area contributed by atoms with E-state index in [0.717, 1.165) is 12.1 Å². The third-order valence-corrected chi connectivity index (χ3v) is 5.28. The van der Waals surface area contributed by atoms with Crippen LogP contribution in [0.15, 0.2) is 24.3 Å². The fraction of sp³-hybridized carbons (Fsp3) is 0.474. The predicted octanol–water partition coefficient (Wildman–Crippen LogP) is 5.75. The third kappa shape index (κ3) is 5.85. The molecule has 0 aliphatic rings. The molecule has 154 valence electrons. The summed E-state index contributed by atoms with van der Waals surface area (Å²) in [6.07, 6.45) is -2.93. The van der Waals surface area contributed by atoms with E-state index in [1.807, 2.05) is 12.1 Å². The molecular weight excluding hydrogens is 409 g/mol. The van der Waals surface area contributed by atoms with E-state index in [1.54, 1.807) is 0 Å². The van der Waals surface area contributed by atoms with Gasteiger partial charge in [-0.05, 0) is 55.6 Å². The summed E-state index contributed by atoms with van der Waals surface area (Å²) in [6, 6.07) is 8.09. The van der Waals surface area contributed by atoms with Crippen LogP contribution in [-0.2, 0) is 12.7 Å². The number of rotatable bonds is 7. The Bertz CT molecular complexity index is 803. The number of nitrogens with zero attached hydrogens (tertiary/aromatic N) is 2. The van der Waals surface area contributed by atoms with E-state index in [9.17, 15) is 13.2 Å². The lowest BCUT2D eigenvalue weighted by Crippen LogP contribution is -2.29. The van der Waals surface area contributed by atoms with Crippen molar-refractivity contribution in [3.63, 3.8) is 0 Å². The highest BCUT2D eigenvalue weighted by Crippen LogP contribution is 2.35. The van der Waals surface area contributed by atoms with Gasteiger partial charge in [-0.25, -0.2) is 0 Å². The van der Waals surface area contributed by atoms with Crippen LogP contribution >= 0.6 is 23.8 Å². The maximum Gasteiger partial charge on any atom is 0.436 e. The third-order valence-electron chi connectivity index (χ3n) is 4.58. The SMILES string of the molecule is CCC(C)c1ccc(NC(=S)NCCCn2nc(C(F)(F)F)c(Cl)c2C)cc1. The van der Waals surface area contributed by atoms with Gasteiger partial charge in [0.05, 0.1) is 10.7 Å². The molecule has 2 rings (SSSR count). The summed E-state index contributed by atoms with van der Waals surface area (Å²) in [5, 5.41) is 9.83. The van der Waals surface area contributed by atoms with Crippen LogP contribution in [-0.4, -0.2) is 21.4 Å². The van der Waals surface area contributed by atoms with Crippen molar-refractivity contribution in [3.8, 4) is 0 Å². The number of aromatic nitrogens is 2. The molecule has 0 aliphatic heterocycles. The van der Waals surface area contributed by atoms with E-state index in [1.165, 1.54) is 17.2 Å². The van der Waals surface area contributed by atoms with E-state index < -0.39 is 11.9 Å². The number of thiocarbonyl (C=S) groups is 1. The van der Waals surface area contributed by atoms with Crippen LogP contribution in [0.4, 0.5) is 18.9 Å². The van der Waals surface area contributed by atoms with E-state index in [2.05, 4.69) is 41.7 Å². The maximum absolute atomic E-state index is 12.8. The molecule has 0 radical (unpaired) electrons. The highest BCUT2D eigenvalue weighted by Gasteiger charge is 2.38. The van der Waals surface area contributed by atoms with E-state index in [-0.39, 0.29) is 5.02 Å². The van der Waals surface area contributed by atoms with Gasteiger partial charge in [0.25, 0.3) is 0 Å². The molecule has 0 spiro atoms. The molecular formula is C19H24ClF3N4S. The molecule has 1 aromatic heterocycles. The molecule has 1 atom stereocenters. The van der Waals surface area contributed by atoms with Gasteiger partial charge in [0.2, 0.25) is 0 Å². The minimum atomic E-state index is -4.55. The number of alkyl halides is 3. The lowest BCUT2D eigenvalue weighted by molar-refractivity contribution is -0.141. The second-order valence-corrected chi connectivity index (χ2v) is 7.42. The fourth-order valence-corrected chi connectivity index (χ4v) is 3.12. The van der Waals surface area contributed by atoms with Crippen molar-refractivity contribution in [3.05, 3.63) is 46.2 Å². The number of benzene rings is 1. The molecule has 1 unspecified atom stereocenters. The molecule has 0 saturated heterocycles. The van der Waals surface area contributed by atoms with Crippen LogP contribution in [0.1, 0.15) is 49.6 Å². The van der Waals surface area contributed by atoms with Crippen molar-refractivity contribution in [2.24, 2.45) is 0 Å². The Labute approximate surface area is 173 Å². The normalized spacial score (nSPS) is 12.7. The Balaban J connectivity index is 1.80. The van der Waals surface area contributed by atoms with Gasteiger partial charge in [0, 0.05) is 18.8 Å². The molecule has 2 aromatic rings. The first-order chi connectivity index (χ1) is 13.1. The zero-order chi connectivity index (χ0) is 20.9. The molecule has 28 heavy (non-hydrogen) atoms. The molecule has 0 aliphatic carbocycles. The monoisotopic (exact) mass is 432 g/mol. The summed E-state index contributed by atoms with van der Waals surface area (Å²) in [5.41, 5.74) is 1.42. The minimum Gasteiger partial charge on any atom is -0.362 e. The van der Waals surface area contributed by atoms with Crippen LogP contribution in [0.3, 0.4) is 0 Å². The van der Waals surface area contributed by atoms with Gasteiger partial charge in [0.1, 0.15) is 0 Å². The van der Waals surface area contributed by atoms with E-state index in [0.29, 0.717) is 36.2 Å². The van der Waals surface area contributed by atoms with E-state index >= 15 is 0 Å². The topological polar surface area (TPSA) is 41.9 Å². The summed E-state index contributed by atoms with van der Waals surface area (Å²) in [5.74, 6) is 0.510. The molecule has 0 bridgehead atoms. The van der Waals surface area contributed by atoms with Crippen molar-refractivity contribution in [1.82, 2.24) is 15.1 Å². The number of nitrogens with one attached hydrogen (secondary N) is 2. The number of anilines is 1. The van der Waals surface area contributed by atoms with Crippen LogP contribution in [0, 0.1) is 6.92 Å². The standard InChI is InChI=1S/C19H24ClF3N4S/c1-4-12(2)14-6-8-15(9-7-14)25-18(28)24-10-5-11-27-13(3)16(20)17(26-27)19(21,22)23/h6-9,12H,4-5,10-11H2,1-3H3,(H2,24,25,28). The summed E-state index contributed by atoms with van der Waals surface area (Å²) in [7, 11) is 0. The summed E-state index contributed by atoms with van der Waals surface area (Å²) >= 11 is 11.0. The lowest BCUT2D eigenvalue weighted by atomic mass is 9.99. The Kier molecular flexibility index (Phi) is 7.71. The summed E-state index contributed by atoms with van der Waals surface area (Å²) in [6.45, 7) is 6.66. The van der Waals surface area contributed by atoms with Gasteiger partial charge in [-0.15, -0.1) is 0 Å². The first kappa shape index (κ1) is 22.5. The highest BCUT2D eigenvalue weighted by atomic mass is 35.5. The zero-order valence-corrected chi connectivity index (χ0v) is 17.6. The maximum atomic E-state index is 12.8.